The van der Waals surface area contributed by atoms with Crippen molar-refractivity contribution in [2.24, 2.45) is 0 Å². The van der Waals surface area contributed by atoms with Gasteiger partial charge in [0.15, 0.2) is 18.1 Å². The van der Waals surface area contributed by atoms with E-state index in [2.05, 4.69) is 5.32 Å². The number of ether oxygens (including phenoxy) is 3. The van der Waals surface area contributed by atoms with Gasteiger partial charge in [-0.15, -0.1) is 0 Å². The van der Waals surface area contributed by atoms with Gasteiger partial charge in [0.25, 0.3) is 5.91 Å². The summed E-state index contributed by atoms with van der Waals surface area (Å²) in [6, 6.07) is 9.56. The first-order valence-electron chi connectivity index (χ1n) is 7.84. The average molecular weight is 396 g/mol. The fourth-order valence-electron chi connectivity index (χ4n) is 2.33. The van der Waals surface area contributed by atoms with Crippen LogP contribution in [0.15, 0.2) is 36.4 Å². The minimum Gasteiger partial charge on any atom is -0.489 e. The lowest BCUT2D eigenvalue weighted by atomic mass is 10.2. The van der Waals surface area contributed by atoms with Gasteiger partial charge in [0.1, 0.15) is 0 Å². The number of carbonyl (C=O) groups is 2. The highest BCUT2D eigenvalue weighted by Crippen LogP contribution is 2.38. The second kappa shape index (κ2) is 8.29. The molecule has 0 saturated carbocycles. The van der Waals surface area contributed by atoms with E-state index in [0.29, 0.717) is 41.8 Å². The molecule has 0 unspecified atom stereocenters. The quantitative estimate of drug-likeness (QED) is 0.793. The number of nitrogens with one attached hydrogen (secondary N) is 1. The number of anilines is 1. The minimum atomic E-state index is -0.691. The molecular weight excluding hydrogens is 381 g/mol. The van der Waals surface area contributed by atoms with Gasteiger partial charge in [-0.25, -0.2) is 4.79 Å². The second-order valence-corrected chi connectivity index (χ2v) is 6.31. The van der Waals surface area contributed by atoms with E-state index in [1.165, 1.54) is 12.1 Å². The molecule has 0 radical (unpaired) electrons. The first kappa shape index (κ1) is 18.4. The molecule has 1 N–H and O–H groups in total. The molecule has 1 aliphatic heterocycles. The smallest absolute Gasteiger partial charge is 0.338 e. The third kappa shape index (κ3) is 4.59. The summed E-state index contributed by atoms with van der Waals surface area (Å²) in [6.07, 6.45) is 0.717. The zero-order valence-electron chi connectivity index (χ0n) is 13.6. The van der Waals surface area contributed by atoms with Gasteiger partial charge in [0.05, 0.1) is 23.8 Å². The molecule has 0 aliphatic carbocycles. The third-order valence-electron chi connectivity index (χ3n) is 3.48. The lowest BCUT2D eigenvalue weighted by molar-refractivity contribution is -0.119. The highest BCUT2D eigenvalue weighted by molar-refractivity contribution is 6.32. The molecule has 0 bridgehead atoms. The number of rotatable bonds is 4. The zero-order valence-corrected chi connectivity index (χ0v) is 15.1. The van der Waals surface area contributed by atoms with Crippen molar-refractivity contribution in [3.05, 3.63) is 52.0 Å². The van der Waals surface area contributed by atoms with Crippen LogP contribution in [0.4, 0.5) is 5.69 Å². The maximum absolute atomic E-state index is 12.2. The Morgan fingerprint density at radius 1 is 1.12 bits per heavy atom. The number of benzene rings is 2. The summed E-state index contributed by atoms with van der Waals surface area (Å²) < 4.78 is 16.1. The van der Waals surface area contributed by atoms with Crippen LogP contribution >= 0.6 is 23.2 Å². The number of amides is 1. The van der Waals surface area contributed by atoms with Gasteiger partial charge >= 0.3 is 5.97 Å². The van der Waals surface area contributed by atoms with Crippen LogP contribution in [-0.2, 0) is 9.53 Å². The van der Waals surface area contributed by atoms with Gasteiger partial charge in [-0.05, 0) is 30.3 Å². The molecule has 2 aromatic rings. The van der Waals surface area contributed by atoms with Crippen LogP contribution in [0, 0.1) is 0 Å². The summed E-state index contributed by atoms with van der Waals surface area (Å²) in [6.45, 7) is 0.501. The number of carbonyl (C=O) groups excluding carboxylic acids is 2. The summed E-state index contributed by atoms with van der Waals surface area (Å²) in [5.41, 5.74) is 0.687. The van der Waals surface area contributed by atoms with Crippen molar-refractivity contribution in [3.63, 3.8) is 0 Å². The maximum atomic E-state index is 12.2. The summed E-state index contributed by atoms with van der Waals surface area (Å²) in [5, 5.41) is 3.33. The van der Waals surface area contributed by atoms with Crippen molar-refractivity contribution in [3.8, 4) is 11.5 Å². The summed E-state index contributed by atoms with van der Waals surface area (Å²) >= 11 is 12.0. The molecule has 26 heavy (non-hydrogen) atoms. The third-order valence-corrected chi connectivity index (χ3v) is 4.00. The first-order valence-corrected chi connectivity index (χ1v) is 8.60. The molecule has 6 nitrogen and oxygen atoms in total. The second-order valence-electron chi connectivity index (χ2n) is 5.47. The van der Waals surface area contributed by atoms with Crippen LogP contribution < -0.4 is 14.8 Å². The van der Waals surface area contributed by atoms with Crippen molar-refractivity contribution >= 4 is 40.8 Å². The number of esters is 1. The number of fused-ring (bicyclic) bond motifs is 1. The molecule has 0 fully saturated rings. The van der Waals surface area contributed by atoms with Crippen molar-refractivity contribution in [1.82, 2.24) is 0 Å². The van der Waals surface area contributed by atoms with E-state index in [0.717, 1.165) is 0 Å². The summed E-state index contributed by atoms with van der Waals surface area (Å²) in [5.74, 6) is -0.394. The Hall–Kier alpha value is -2.44. The van der Waals surface area contributed by atoms with Crippen LogP contribution in [0.3, 0.4) is 0 Å². The maximum Gasteiger partial charge on any atom is 0.338 e. The lowest BCUT2D eigenvalue weighted by Gasteiger charge is -2.11. The van der Waals surface area contributed by atoms with Gasteiger partial charge < -0.3 is 19.5 Å². The van der Waals surface area contributed by atoms with Gasteiger partial charge in [-0.2, -0.15) is 0 Å². The van der Waals surface area contributed by atoms with E-state index in [4.69, 9.17) is 37.4 Å². The van der Waals surface area contributed by atoms with E-state index >= 15 is 0 Å². The molecular formula is C18H15Cl2NO5. The molecule has 136 valence electrons. The van der Waals surface area contributed by atoms with E-state index in [9.17, 15) is 9.59 Å². The SMILES string of the molecule is O=C(COC(=O)c1cc(Cl)c2c(c1)OCCCO2)Nc1cccc(Cl)c1. The zero-order chi connectivity index (χ0) is 18.5. The lowest BCUT2D eigenvalue weighted by Crippen LogP contribution is -2.21. The van der Waals surface area contributed by atoms with Gasteiger partial charge in [-0.1, -0.05) is 29.3 Å². The molecule has 1 aliphatic rings. The van der Waals surface area contributed by atoms with Crippen LogP contribution in [0.2, 0.25) is 10.0 Å². The van der Waals surface area contributed by atoms with Crippen LogP contribution in [0.25, 0.3) is 0 Å². The fraction of sp³-hybridized carbons (Fsp3) is 0.222. The molecule has 3 rings (SSSR count). The molecule has 2 aromatic carbocycles. The summed E-state index contributed by atoms with van der Waals surface area (Å²) in [4.78, 5) is 24.1. The molecule has 0 spiro atoms. The van der Waals surface area contributed by atoms with Crippen molar-refractivity contribution in [1.29, 1.82) is 0 Å². The molecule has 8 heteroatoms. The Labute approximate surface area is 159 Å². The number of halogens is 2. The van der Waals surface area contributed by atoms with Crippen molar-refractivity contribution < 1.29 is 23.8 Å². The van der Waals surface area contributed by atoms with Gasteiger partial charge in [0, 0.05) is 17.1 Å². The highest BCUT2D eigenvalue weighted by atomic mass is 35.5. The Bertz CT molecular complexity index is 840. The Balaban J connectivity index is 1.62. The van der Waals surface area contributed by atoms with E-state index < -0.39 is 18.5 Å². The molecule has 0 atom stereocenters. The standard InChI is InChI=1S/C18H15Cl2NO5/c19-12-3-1-4-13(9-12)21-16(22)10-26-18(23)11-7-14(20)17-15(8-11)24-5-2-6-25-17/h1,3-4,7-9H,2,5-6,10H2,(H,21,22). The normalized spacial score (nSPS) is 12.8. The van der Waals surface area contributed by atoms with Gasteiger partial charge in [-0.3, -0.25) is 4.79 Å². The van der Waals surface area contributed by atoms with Crippen molar-refractivity contribution in [2.45, 2.75) is 6.42 Å². The average Bonchev–Trinajstić information content (AvgIpc) is 2.85. The number of hydrogen-bond acceptors (Lipinski definition) is 5. The minimum absolute atomic E-state index is 0.176. The van der Waals surface area contributed by atoms with Crippen LogP contribution in [0.5, 0.6) is 11.5 Å². The largest absolute Gasteiger partial charge is 0.489 e. The molecule has 0 saturated heterocycles. The van der Waals surface area contributed by atoms with Crippen LogP contribution in [-0.4, -0.2) is 31.7 Å². The fourth-order valence-corrected chi connectivity index (χ4v) is 2.78. The number of hydrogen-bond donors (Lipinski definition) is 1. The monoisotopic (exact) mass is 395 g/mol. The predicted octanol–water partition coefficient (Wildman–Crippen LogP) is 3.95. The van der Waals surface area contributed by atoms with Crippen LogP contribution in [0.1, 0.15) is 16.8 Å². The van der Waals surface area contributed by atoms with E-state index in [1.54, 1.807) is 24.3 Å². The van der Waals surface area contributed by atoms with Gasteiger partial charge in [0.2, 0.25) is 0 Å². The van der Waals surface area contributed by atoms with E-state index in [1.807, 2.05) is 0 Å². The molecule has 1 heterocycles. The Morgan fingerprint density at radius 2 is 1.92 bits per heavy atom. The predicted molar refractivity (Wildman–Crippen MR) is 97.4 cm³/mol. The highest BCUT2D eigenvalue weighted by Gasteiger charge is 2.19. The van der Waals surface area contributed by atoms with Crippen molar-refractivity contribution in [2.75, 3.05) is 25.1 Å². The first-order chi connectivity index (χ1) is 12.5. The molecule has 0 aromatic heterocycles. The topological polar surface area (TPSA) is 73.9 Å². The Morgan fingerprint density at radius 3 is 2.73 bits per heavy atom. The summed E-state index contributed by atoms with van der Waals surface area (Å²) in [7, 11) is 0. The van der Waals surface area contributed by atoms with E-state index in [-0.39, 0.29) is 10.6 Å². The Kier molecular flexibility index (Phi) is 5.85. The molecule has 1 amide bonds.